The molecule has 1 aliphatic heterocycles. The molecule has 1 atom stereocenters. The summed E-state index contributed by atoms with van der Waals surface area (Å²) in [6, 6.07) is 6.50. The fourth-order valence-corrected chi connectivity index (χ4v) is 5.14. The van der Waals surface area contributed by atoms with Gasteiger partial charge in [0.2, 0.25) is 0 Å². The third kappa shape index (κ3) is 5.07. The van der Waals surface area contributed by atoms with Crippen LogP contribution in [0.5, 0.6) is 0 Å². The highest BCUT2D eigenvalue weighted by molar-refractivity contribution is 7.09. The summed E-state index contributed by atoms with van der Waals surface area (Å²) >= 11 is 1.68. The third-order valence-corrected chi connectivity index (χ3v) is 6.75. The summed E-state index contributed by atoms with van der Waals surface area (Å²) in [5, 5.41) is 10.7. The van der Waals surface area contributed by atoms with E-state index in [0.717, 1.165) is 59.6 Å². The first kappa shape index (κ1) is 26.0. The van der Waals surface area contributed by atoms with Crippen LogP contribution in [0.4, 0.5) is 10.2 Å². The van der Waals surface area contributed by atoms with Crippen LogP contribution in [-0.4, -0.2) is 56.2 Å². The van der Waals surface area contributed by atoms with Crippen molar-refractivity contribution in [1.29, 1.82) is 0 Å². The van der Waals surface area contributed by atoms with Crippen LogP contribution in [0.25, 0.3) is 11.3 Å². The summed E-state index contributed by atoms with van der Waals surface area (Å²) in [4.78, 5) is 18.5. The summed E-state index contributed by atoms with van der Waals surface area (Å²) in [6.07, 6.45) is 5.26. The molecule has 1 fully saturated rings. The van der Waals surface area contributed by atoms with Gasteiger partial charge in [-0.2, -0.15) is 5.10 Å². The largest absolute Gasteiger partial charge is 0.352 e. The number of H-pyrrole nitrogens is 1. The molecule has 34 heavy (non-hydrogen) atoms. The lowest BCUT2D eigenvalue weighted by Gasteiger charge is -2.39. The molecule has 0 bridgehead atoms. The minimum absolute atomic E-state index is 0. The van der Waals surface area contributed by atoms with Crippen LogP contribution >= 0.6 is 36.2 Å². The molecule has 1 saturated heterocycles. The summed E-state index contributed by atoms with van der Waals surface area (Å²) in [7, 11) is 0. The molecule has 180 valence electrons. The van der Waals surface area contributed by atoms with Crippen molar-refractivity contribution in [3.63, 3.8) is 0 Å². The maximum atomic E-state index is 13.4. The van der Waals surface area contributed by atoms with Gasteiger partial charge in [-0.25, -0.2) is 14.4 Å². The van der Waals surface area contributed by atoms with E-state index in [4.69, 9.17) is 0 Å². The van der Waals surface area contributed by atoms with Gasteiger partial charge in [-0.1, -0.05) is 0 Å². The number of hydrogen-bond donors (Lipinski definition) is 1. The Morgan fingerprint density at radius 1 is 0.941 bits per heavy atom. The zero-order valence-corrected chi connectivity index (χ0v) is 21.3. The van der Waals surface area contributed by atoms with Crippen LogP contribution in [0.2, 0.25) is 0 Å². The number of nitrogens with zero attached hydrogens (tertiary/aromatic N) is 6. The summed E-state index contributed by atoms with van der Waals surface area (Å²) in [5.41, 5.74) is 4.94. The lowest BCUT2D eigenvalue weighted by Crippen LogP contribution is -2.48. The van der Waals surface area contributed by atoms with Gasteiger partial charge in [-0.05, 0) is 38.1 Å². The van der Waals surface area contributed by atoms with Crippen molar-refractivity contribution in [2.75, 3.05) is 31.1 Å². The number of thiazole rings is 1. The monoisotopic (exact) mass is 521 g/mol. The standard InChI is InChI=1S/C23H24FN7S.2ClH/c1-15-19(16(2)29-28-15)21(23-27-9-14-32-23)30-10-12-31(13-11-30)22-20(25-7-8-26-22)17-3-5-18(24)6-4-17;;/h3-9,14,21H,10-13H2,1-2H3,(H,28,29);2*1H. The van der Waals surface area contributed by atoms with Crippen LogP contribution in [0.15, 0.2) is 48.2 Å². The van der Waals surface area contributed by atoms with E-state index in [1.165, 1.54) is 17.7 Å². The molecule has 0 aliphatic carbocycles. The highest BCUT2D eigenvalue weighted by Gasteiger charge is 2.32. The van der Waals surface area contributed by atoms with Crippen LogP contribution in [-0.2, 0) is 0 Å². The Hall–Kier alpha value is -2.59. The number of anilines is 1. The quantitative estimate of drug-likeness (QED) is 0.405. The summed E-state index contributed by atoms with van der Waals surface area (Å²) in [6.45, 7) is 7.45. The van der Waals surface area contributed by atoms with E-state index < -0.39 is 0 Å². The first-order valence-corrected chi connectivity index (χ1v) is 11.5. The first-order chi connectivity index (χ1) is 15.6. The van der Waals surface area contributed by atoms with Gasteiger partial charge in [0.05, 0.1) is 11.7 Å². The SMILES string of the molecule is Cc1n[nH]c(C)c1C(c1nccs1)N1CCN(c2nccnc2-c2ccc(F)cc2)CC1.Cl.Cl. The second-order valence-corrected chi connectivity index (χ2v) is 8.81. The molecule has 1 aromatic carbocycles. The molecule has 1 unspecified atom stereocenters. The molecule has 3 aromatic heterocycles. The lowest BCUT2D eigenvalue weighted by atomic mass is 10.0. The molecular formula is C23H26Cl2FN7S. The van der Waals surface area contributed by atoms with E-state index in [9.17, 15) is 4.39 Å². The lowest BCUT2D eigenvalue weighted by molar-refractivity contribution is 0.210. The minimum atomic E-state index is -0.258. The number of aryl methyl sites for hydroxylation is 2. The molecule has 1 N–H and O–H groups in total. The topological polar surface area (TPSA) is 73.8 Å². The summed E-state index contributed by atoms with van der Waals surface area (Å²) in [5.74, 6) is 0.575. The van der Waals surface area contributed by atoms with E-state index in [0.29, 0.717) is 0 Å². The van der Waals surface area contributed by atoms with E-state index >= 15 is 0 Å². The molecule has 4 aromatic rings. The number of benzene rings is 1. The van der Waals surface area contributed by atoms with Gasteiger partial charge in [0, 0.05) is 67.0 Å². The van der Waals surface area contributed by atoms with Gasteiger partial charge in [-0.3, -0.25) is 15.0 Å². The molecule has 0 amide bonds. The molecule has 1 aliphatic rings. The Kier molecular flexibility index (Phi) is 8.59. The van der Waals surface area contributed by atoms with Crippen LogP contribution in [0, 0.1) is 19.7 Å². The number of hydrogen-bond acceptors (Lipinski definition) is 7. The van der Waals surface area contributed by atoms with E-state index in [1.807, 2.05) is 18.5 Å². The van der Waals surface area contributed by atoms with Crippen LogP contribution in [0.3, 0.4) is 0 Å². The third-order valence-electron chi connectivity index (χ3n) is 5.92. The molecule has 0 spiro atoms. The van der Waals surface area contributed by atoms with Gasteiger partial charge in [0.25, 0.3) is 0 Å². The molecule has 11 heteroatoms. The van der Waals surface area contributed by atoms with Crippen LogP contribution < -0.4 is 4.90 Å². The Morgan fingerprint density at radius 2 is 1.65 bits per heavy atom. The van der Waals surface area contributed by atoms with Crippen molar-refractivity contribution >= 4 is 42.0 Å². The average molecular weight is 522 g/mol. The highest BCUT2D eigenvalue weighted by atomic mass is 35.5. The average Bonchev–Trinajstić information content (AvgIpc) is 3.47. The van der Waals surface area contributed by atoms with Crippen molar-refractivity contribution in [3.8, 4) is 11.3 Å². The Labute approximate surface area is 214 Å². The molecule has 0 saturated carbocycles. The molecular weight excluding hydrogens is 496 g/mol. The fraction of sp³-hybridized carbons (Fsp3) is 0.304. The van der Waals surface area contributed by atoms with Gasteiger partial charge >= 0.3 is 0 Å². The predicted molar refractivity (Wildman–Crippen MR) is 138 cm³/mol. The molecule has 5 rings (SSSR count). The van der Waals surface area contributed by atoms with Crippen molar-refractivity contribution in [2.45, 2.75) is 19.9 Å². The zero-order valence-electron chi connectivity index (χ0n) is 18.8. The minimum Gasteiger partial charge on any atom is -0.352 e. The van der Waals surface area contributed by atoms with Crippen LogP contribution in [0.1, 0.15) is 28.0 Å². The van der Waals surface area contributed by atoms with Crippen molar-refractivity contribution in [1.82, 2.24) is 30.0 Å². The first-order valence-electron chi connectivity index (χ1n) is 10.6. The van der Waals surface area contributed by atoms with E-state index in [-0.39, 0.29) is 36.7 Å². The Bertz CT molecular complexity index is 1170. The second-order valence-electron chi connectivity index (χ2n) is 7.88. The normalized spacial score (nSPS) is 14.9. The number of nitrogens with one attached hydrogen (secondary N) is 1. The van der Waals surface area contributed by atoms with Gasteiger partial charge < -0.3 is 4.90 Å². The number of halogens is 3. The number of aromatic nitrogens is 5. The van der Waals surface area contributed by atoms with Crippen molar-refractivity contribution in [2.24, 2.45) is 0 Å². The molecule has 4 heterocycles. The zero-order chi connectivity index (χ0) is 22.1. The second kappa shape index (κ2) is 11.2. The number of piperazine rings is 1. The van der Waals surface area contributed by atoms with Gasteiger partial charge in [0.15, 0.2) is 5.82 Å². The van der Waals surface area contributed by atoms with Gasteiger partial charge in [-0.15, -0.1) is 36.2 Å². The maximum Gasteiger partial charge on any atom is 0.155 e. The smallest absolute Gasteiger partial charge is 0.155 e. The Balaban J connectivity index is 0.00000162. The number of aromatic amines is 1. The Morgan fingerprint density at radius 3 is 2.26 bits per heavy atom. The van der Waals surface area contributed by atoms with Crippen molar-refractivity contribution < 1.29 is 4.39 Å². The molecule has 7 nitrogen and oxygen atoms in total. The van der Waals surface area contributed by atoms with E-state index in [1.54, 1.807) is 35.9 Å². The molecule has 0 radical (unpaired) electrons. The van der Waals surface area contributed by atoms with Gasteiger partial charge in [0.1, 0.15) is 16.5 Å². The van der Waals surface area contributed by atoms with E-state index in [2.05, 4.69) is 41.9 Å². The highest BCUT2D eigenvalue weighted by Crippen LogP contribution is 2.35. The predicted octanol–water partition coefficient (Wildman–Crippen LogP) is 4.83. The number of rotatable bonds is 5. The van der Waals surface area contributed by atoms with Crippen molar-refractivity contribution in [3.05, 3.63) is 76.0 Å². The maximum absolute atomic E-state index is 13.4. The fourth-order valence-electron chi connectivity index (χ4n) is 4.36. The summed E-state index contributed by atoms with van der Waals surface area (Å²) < 4.78 is 13.4.